The number of rotatable bonds is 6. The van der Waals surface area contributed by atoms with Crippen molar-refractivity contribution in [2.75, 3.05) is 0 Å². The van der Waals surface area contributed by atoms with Gasteiger partial charge in [0.25, 0.3) is 0 Å². The fourth-order valence-electron chi connectivity index (χ4n) is 9.72. The number of aromatic nitrogens is 1. The topological polar surface area (TPSA) is 30.4 Å². The highest BCUT2D eigenvalue weighted by atomic mass is 16.3. The number of para-hydroxylation sites is 2. The minimum atomic E-state index is 0.640. The Hall–Kier alpha value is -7.75. The van der Waals surface area contributed by atoms with Gasteiger partial charge in [-0.15, -0.1) is 0 Å². The third kappa shape index (κ3) is 5.84. The molecule has 0 atom stereocenters. The summed E-state index contributed by atoms with van der Waals surface area (Å²) in [5.41, 5.74) is 15.3. The summed E-state index contributed by atoms with van der Waals surface area (Å²) in [6.45, 7) is 2.26. The van der Waals surface area contributed by atoms with Crippen LogP contribution in [0.4, 0.5) is 0 Å². The van der Waals surface area contributed by atoms with Crippen LogP contribution in [0.3, 0.4) is 0 Å². The summed E-state index contributed by atoms with van der Waals surface area (Å²) < 4.78 is 9.22. The van der Waals surface area contributed by atoms with Crippen molar-refractivity contribution in [1.29, 1.82) is 0 Å². The van der Waals surface area contributed by atoms with Crippen molar-refractivity contribution in [2.24, 2.45) is 4.99 Å². The lowest BCUT2D eigenvalue weighted by molar-refractivity contribution is 0.668. The highest BCUT2D eigenvalue weighted by Gasteiger charge is 2.24. The Morgan fingerprint density at radius 1 is 0.492 bits per heavy atom. The zero-order chi connectivity index (χ0) is 40.4. The largest absolute Gasteiger partial charge is 0.456 e. The fraction of sp³-hybridized carbons (Fsp3) is 0.0517. The first-order valence-electron chi connectivity index (χ1n) is 21.2. The molecule has 61 heavy (non-hydrogen) atoms. The Kier molecular flexibility index (Phi) is 8.21. The van der Waals surface area contributed by atoms with E-state index in [0.717, 1.165) is 67.6 Å². The molecule has 3 nitrogen and oxygen atoms in total. The molecule has 0 fully saturated rings. The molecule has 0 saturated heterocycles. The lowest BCUT2D eigenvalue weighted by atomic mass is 9.89. The zero-order valence-electron chi connectivity index (χ0n) is 33.8. The van der Waals surface area contributed by atoms with Crippen molar-refractivity contribution in [1.82, 2.24) is 4.57 Å². The summed E-state index contributed by atoms with van der Waals surface area (Å²) in [6, 6.07) is 70.1. The normalized spacial score (nSPS) is 13.5. The van der Waals surface area contributed by atoms with Gasteiger partial charge in [-0.1, -0.05) is 159 Å². The molecule has 3 heteroatoms. The smallest absolute Gasteiger partial charge is 0.138 e. The van der Waals surface area contributed by atoms with E-state index in [0.29, 0.717) is 6.42 Å². The molecule has 3 heterocycles. The standard InChI is InChI=1S/C58H40N2O/c1-2-46-47(43-22-14-21-40(31-43)37-15-4-3-5-16-37)29-30-52(59-58(46)44-28-27-38-17-6-7-18-39(38)32-44)51-35-45(36-56-57(51)49-24-11-13-26-55(49)61-56)60-53-25-12-10-23-48(53)50-33-41-19-8-9-20-42(41)34-54(50)60/h3-29,31-36H,2,30H2,1H3. The van der Waals surface area contributed by atoms with Gasteiger partial charge < -0.3 is 8.98 Å². The lowest BCUT2D eigenvalue weighted by Gasteiger charge is -2.16. The van der Waals surface area contributed by atoms with E-state index >= 15 is 0 Å². The molecule has 0 spiro atoms. The number of benzene rings is 9. The summed E-state index contributed by atoms with van der Waals surface area (Å²) in [7, 11) is 0. The maximum Gasteiger partial charge on any atom is 0.138 e. The van der Waals surface area contributed by atoms with Gasteiger partial charge in [-0.25, -0.2) is 0 Å². The Morgan fingerprint density at radius 2 is 1.18 bits per heavy atom. The second kappa shape index (κ2) is 14.2. The zero-order valence-corrected chi connectivity index (χ0v) is 33.8. The van der Waals surface area contributed by atoms with E-state index in [1.54, 1.807) is 0 Å². The first-order chi connectivity index (χ1) is 30.2. The minimum Gasteiger partial charge on any atom is -0.456 e. The third-order valence-corrected chi connectivity index (χ3v) is 12.6. The molecule has 0 N–H and O–H groups in total. The van der Waals surface area contributed by atoms with E-state index in [1.807, 2.05) is 0 Å². The number of fused-ring (bicyclic) bond motifs is 8. The Morgan fingerprint density at radius 3 is 2.02 bits per heavy atom. The SMILES string of the molecule is CCC1=C(c2ccc3ccccc3c2)N=C(c2cc(-n3c4ccccc4c4cc5ccccc5cc43)cc3oc4ccccc4c23)CC=C1c1cccc(-c2ccccc2)c1. The summed E-state index contributed by atoms with van der Waals surface area (Å²) in [5, 5.41) is 9.48. The first-order valence-corrected chi connectivity index (χ1v) is 21.2. The van der Waals surface area contributed by atoms with Crippen LogP contribution < -0.4 is 0 Å². The van der Waals surface area contributed by atoms with Gasteiger partial charge in [0.05, 0.1) is 28.1 Å². The van der Waals surface area contributed by atoms with Gasteiger partial charge in [0, 0.05) is 45.2 Å². The van der Waals surface area contributed by atoms with E-state index in [-0.39, 0.29) is 0 Å². The maximum absolute atomic E-state index is 6.80. The van der Waals surface area contributed by atoms with Gasteiger partial charge in [-0.3, -0.25) is 4.99 Å². The third-order valence-electron chi connectivity index (χ3n) is 12.6. The predicted octanol–water partition coefficient (Wildman–Crippen LogP) is 15.8. The number of allylic oxidation sites excluding steroid dienone is 3. The average Bonchev–Trinajstić information content (AvgIpc) is 3.78. The van der Waals surface area contributed by atoms with E-state index in [9.17, 15) is 0 Å². The van der Waals surface area contributed by atoms with E-state index in [4.69, 9.17) is 9.41 Å². The summed E-state index contributed by atoms with van der Waals surface area (Å²) in [5.74, 6) is 0. The Balaban J connectivity index is 1.14. The molecule has 0 saturated carbocycles. The number of hydrogen-bond donors (Lipinski definition) is 0. The lowest BCUT2D eigenvalue weighted by Crippen LogP contribution is -2.04. The molecular formula is C58H40N2O. The molecule has 2 aromatic heterocycles. The quantitative estimate of drug-likeness (QED) is 0.165. The van der Waals surface area contributed by atoms with Gasteiger partial charge in [-0.2, -0.15) is 0 Å². The molecule has 0 unspecified atom stereocenters. The van der Waals surface area contributed by atoms with Crippen LogP contribution in [-0.4, -0.2) is 10.3 Å². The van der Waals surface area contributed by atoms with Crippen LogP contribution in [0.25, 0.3) is 93.4 Å². The van der Waals surface area contributed by atoms with Crippen molar-refractivity contribution in [2.45, 2.75) is 19.8 Å². The Labute approximate surface area is 353 Å². The number of nitrogens with zero attached hydrogens (tertiary/aromatic N) is 2. The maximum atomic E-state index is 6.80. The molecule has 12 rings (SSSR count). The second-order valence-electron chi connectivity index (χ2n) is 16.1. The van der Waals surface area contributed by atoms with Gasteiger partial charge >= 0.3 is 0 Å². The van der Waals surface area contributed by atoms with Gasteiger partial charge in [0.2, 0.25) is 0 Å². The van der Waals surface area contributed by atoms with Crippen LogP contribution in [0, 0.1) is 0 Å². The molecular weight excluding hydrogens is 741 g/mol. The molecule has 0 aliphatic carbocycles. The molecule has 11 aromatic rings. The summed E-state index contributed by atoms with van der Waals surface area (Å²) >= 11 is 0. The van der Waals surface area contributed by atoms with Crippen LogP contribution in [0.5, 0.6) is 0 Å². The van der Waals surface area contributed by atoms with Crippen molar-refractivity contribution >= 4 is 82.3 Å². The monoisotopic (exact) mass is 780 g/mol. The van der Waals surface area contributed by atoms with Gasteiger partial charge in [-0.05, 0) is 98.3 Å². The highest BCUT2D eigenvalue weighted by Crippen LogP contribution is 2.42. The van der Waals surface area contributed by atoms with Crippen molar-refractivity contribution in [3.63, 3.8) is 0 Å². The fourth-order valence-corrected chi connectivity index (χ4v) is 9.72. The number of aliphatic imine (C=N–C) groups is 1. The van der Waals surface area contributed by atoms with Gasteiger partial charge in [0.1, 0.15) is 11.2 Å². The number of furan rings is 1. The van der Waals surface area contributed by atoms with Crippen LogP contribution >= 0.6 is 0 Å². The summed E-state index contributed by atoms with van der Waals surface area (Å²) in [6.07, 6.45) is 3.88. The van der Waals surface area contributed by atoms with E-state index in [2.05, 4.69) is 212 Å². The van der Waals surface area contributed by atoms with Crippen LogP contribution in [0.15, 0.2) is 215 Å². The molecule has 1 aliphatic rings. The predicted molar refractivity (Wildman–Crippen MR) is 258 cm³/mol. The molecule has 288 valence electrons. The molecule has 0 amide bonds. The summed E-state index contributed by atoms with van der Waals surface area (Å²) in [4.78, 5) is 5.85. The molecule has 0 bridgehead atoms. The van der Waals surface area contributed by atoms with E-state index in [1.165, 1.54) is 60.2 Å². The molecule has 0 radical (unpaired) electrons. The van der Waals surface area contributed by atoms with Crippen LogP contribution in [0.1, 0.15) is 36.5 Å². The van der Waals surface area contributed by atoms with Crippen LogP contribution in [0.2, 0.25) is 0 Å². The van der Waals surface area contributed by atoms with Crippen molar-refractivity contribution in [3.8, 4) is 16.8 Å². The first kappa shape index (κ1) is 35.2. The molecule has 1 aliphatic heterocycles. The Bertz CT molecular complexity index is 3650. The highest BCUT2D eigenvalue weighted by molar-refractivity contribution is 6.22. The van der Waals surface area contributed by atoms with Crippen molar-refractivity contribution < 1.29 is 4.42 Å². The van der Waals surface area contributed by atoms with Crippen molar-refractivity contribution in [3.05, 3.63) is 222 Å². The van der Waals surface area contributed by atoms with E-state index < -0.39 is 0 Å². The second-order valence-corrected chi connectivity index (χ2v) is 16.1. The molecule has 9 aromatic carbocycles. The number of hydrogen-bond acceptors (Lipinski definition) is 2. The average molecular weight is 781 g/mol. The minimum absolute atomic E-state index is 0.640. The van der Waals surface area contributed by atoms with Crippen LogP contribution in [-0.2, 0) is 0 Å². The van der Waals surface area contributed by atoms with Gasteiger partial charge in [0.15, 0.2) is 0 Å².